The summed E-state index contributed by atoms with van der Waals surface area (Å²) in [6.45, 7) is 6.15. The predicted molar refractivity (Wildman–Crippen MR) is 68.7 cm³/mol. The summed E-state index contributed by atoms with van der Waals surface area (Å²) in [4.78, 5) is 21.3. The molecule has 0 rings (SSSR count). The molecule has 0 saturated carbocycles. The second-order valence-corrected chi connectivity index (χ2v) is 4.04. The zero-order valence-electron chi connectivity index (χ0n) is 11.0. The Hall–Kier alpha value is -1.38. The van der Waals surface area contributed by atoms with Crippen LogP contribution in [0, 0.1) is 0 Å². The van der Waals surface area contributed by atoms with Gasteiger partial charge in [0.1, 0.15) is 6.29 Å². The van der Waals surface area contributed by atoms with Crippen LogP contribution in [0.15, 0.2) is 23.3 Å². The number of carbonyl (C=O) groups excluding carboxylic acids is 2. The van der Waals surface area contributed by atoms with Gasteiger partial charge < -0.3 is 9.53 Å². The molecule has 0 radical (unpaired) electrons. The van der Waals surface area contributed by atoms with E-state index in [1.807, 2.05) is 13.8 Å². The molecule has 0 N–H and O–H groups in total. The molecule has 0 saturated heterocycles. The second-order valence-electron chi connectivity index (χ2n) is 4.04. The minimum Gasteiger partial charge on any atom is -0.463 e. The quantitative estimate of drug-likeness (QED) is 0.282. The van der Waals surface area contributed by atoms with Gasteiger partial charge in [-0.05, 0) is 40.0 Å². The molecule has 0 atom stereocenters. The molecule has 0 aromatic rings. The van der Waals surface area contributed by atoms with E-state index in [0.717, 1.165) is 31.1 Å². The molecule has 17 heavy (non-hydrogen) atoms. The molecule has 0 fully saturated rings. The summed E-state index contributed by atoms with van der Waals surface area (Å²) in [5.41, 5.74) is 2.24. The highest BCUT2D eigenvalue weighted by Gasteiger charge is 1.97. The van der Waals surface area contributed by atoms with Crippen molar-refractivity contribution < 1.29 is 14.3 Å². The smallest absolute Gasteiger partial charge is 0.330 e. The maximum absolute atomic E-state index is 11.1. The lowest BCUT2D eigenvalue weighted by Crippen LogP contribution is -2.00. The van der Waals surface area contributed by atoms with E-state index in [1.54, 1.807) is 6.92 Å². The lowest BCUT2D eigenvalue weighted by atomic mass is 10.1. The molecule has 3 nitrogen and oxygen atoms in total. The Balaban J connectivity index is 3.94. The normalized spacial score (nSPS) is 12.4. The van der Waals surface area contributed by atoms with Crippen LogP contribution in [0.4, 0.5) is 0 Å². The van der Waals surface area contributed by atoms with E-state index in [1.165, 1.54) is 11.6 Å². The maximum atomic E-state index is 11.1. The number of esters is 1. The third-order valence-corrected chi connectivity index (χ3v) is 2.34. The Morgan fingerprint density at radius 1 is 1.12 bits per heavy atom. The third kappa shape index (κ3) is 9.54. The van der Waals surface area contributed by atoms with Crippen molar-refractivity contribution in [1.29, 1.82) is 0 Å². The first-order chi connectivity index (χ1) is 8.10. The van der Waals surface area contributed by atoms with Crippen molar-refractivity contribution in [2.45, 2.75) is 46.5 Å². The fourth-order valence-corrected chi connectivity index (χ4v) is 1.39. The summed E-state index contributed by atoms with van der Waals surface area (Å²) in [7, 11) is 0. The number of ether oxygens (including phenoxy) is 1. The van der Waals surface area contributed by atoms with Gasteiger partial charge in [-0.1, -0.05) is 17.2 Å². The van der Waals surface area contributed by atoms with E-state index >= 15 is 0 Å². The van der Waals surface area contributed by atoms with Crippen molar-refractivity contribution in [2.24, 2.45) is 0 Å². The molecule has 0 aliphatic heterocycles. The number of hydrogen-bond donors (Lipinski definition) is 0. The van der Waals surface area contributed by atoms with Crippen molar-refractivity contribution in [1.82, 2.24) is 0 Å². The number of aldehydes is 1. The van der Waals surface area contributed by atoms with Gasteiger partial charge in [0, 0.05) is 12.5 Å². The molecule has 0 spiro atoms. The molecule has 0 aliphatic rings. The Morgan fingerprint density at radius 2 is 1.76 bits per heavy atom. The zero-order chi connectivity index (χ0) is 13.1. The van der Waals surface area contributed by atoms with Crippen LogP contribution in [0.3, 0.4) is 0 Å². The first kappa shape index (κ1) is 15.6. The largest absolute Gasteiger partial charge is 0.463 e. The summed E-state index contributed by atoms with van der Waals surface area (Å²) in [5, 5.41) is 0. The highest BCUT2D eigenvalue weighted by atomic mass is 16.5. The van der Waals surface area contributed by atoms with E-state index < -0.39 is 0 Å². The van der Waals surface area contributed by atoms with E-state index in [-0.39, 0.29) is 5.97 Å². The summed E-state index contributed by atoms with van der Waals surface area (Å²) in [5.74, 6) is -0.272. The van der Waals surface area contributed by atoms with Gasteiger partial charge in [-0.2, -0.15) is 0 Å². The standard InChI is InChI=1S/C14H22O3/c1-4-17-14(16)11-13(3)8-5-7-12(2)9-6-10-15/h7,10-11H,4-6,8-9H2,1-3H3/b12-7+,13-11+. The summed E-state index contributed by atoms with van der Waals surface area (Å²) >= 11 is 0. The van der Waals surface area contributed by atoms with Crippen molar-refractivity contribution in [3.05, 3.63) is 23.3 Å². The SMILES string of the molecule is CCOC(=O)/C=C(\C)CC/C=C(\C)CCC=O. The van der Waals surface area contributed by atoms with Crippen LogP contribution in [0.2, 0.25) is 0 Å². The van der Waals surface area contributed by atoms with Gasteiger partial charge in [-0.15, -0.1) is 0 Å². The Bertz CT molecular complexity index is 301. The van der Waals surface area contributed by atoms with Gasteiger partial charge in [0.15, 0.2) is 0 Å². The first-order valence-electron chi connectivity index (χ1n) is 6.03. The molecule has 0 unspecified atom stereocenters. The van der Waals surface area contributed by atoms with Crippen LogP contribution in [-0.2, 0) is 14.3 Å². The molecule has 0 aromatic heterocycles. The maximum Gasteiger partial charge on any atom is 0.330 e. The lowest BCUT2D eigenvalue weighted by molar-refractivity contribution is -0.137. The predicted octanol–water partition coefficient (Wildman–Crippen LogP) is 3.20. The lowest BCUT2D eigenvalue weighted by Gasteiger charge is -2.01. The van der Waals surface area contributed by atoms with Crippen molar-refractivity contribution in [3.63, 3.8) is 0 Å². The number of hydrogen-bond acceptors (Lipinski definition) is 3. The van der Waals surface area contributed by atoms with E-state index in [2.05, 4.69) is 6.08 Å². The van der Waals surface area contributed by atoms with Gasteiger partial charge in [0.25, 0.3) is 0 Å². The van der Waals surface area contributed by atoms with Crippen LogP contribution in [0.25, 0.3) is 0 Å². The fourth-order valence-electron chi connectivity index (χ4n) is 1.39. The molecule has 3 heteroatoms. The Kier molecular flexibility index (Phi) is 9.02. The number of allylic oxidation sites excluding steroid dienone is 3. The molecule has 0 aliphatic carbocycles. The topological polar surface area (TPSA) is 43.4 Å². The highest BCUT2D eigenvalue weighted by Crippen LogP contribution is 2.09. The molecular formula is C14H22O3. The zero-order valence-corrected chi connectivity index (χ0v) is 11.0. The molecule has 0 amide bonds. The minimum absolute atomic E-state index is 0.272. The number of rotatable bonds is 8. The monoisotopic (exact) mass is 238 g/mol. The van der Waals surface area contributed by atoms with Crippen molar-refractivity contribution in [3.8, 4) is 0 Å². The van der Waals surface area contributed by atoms with Gasteiger partial charge in [0.2, 0.25) is 0 Å². The fraction of sp³-hybridized carbons (Fsp3) is 0.571. The van der Waals surface area contributed by atoms with Crippen LogP contribution in [0.5, 0.6) is 0 Å². The Labute approximate surface area is 104 Å². The molecule has 0 aromatic carbocycles. The summed E-state index contributed by atoms with van der Waals surface area (Å²) < 4.78 is 4.82. The van der Waals surface area contributed by atoms with Crippen LogP contribution < -0.4 is 0 Å². The van der Waals surface area contributed by atoms with Crippen molar-refractivity contribution >= 4 is 12.3 Å². The van der Waals surface area contributed by atoms with Crippen LogP contribution in [-0.4, -0.2) is 18.9 Å². The third-order valence-electron chi connectivity index (χ3n) is 2.34. The number of carbonyl (C=O) groups is 2. The average Bonchev–Trinajstić information content (AvgIpc) is 2.26. The Morgan fingerprint density at radius 3 is 2.35 bits per heavy atom. The molecule has 0 heterocycles. The second kappa shape index (κ2) is 9.82. The first-order valence-corrected chi connectivity index (χ1v) is 6.03. The molecular weight excluding hydrogens is 216 g/mol. The summed E-state index contributed by atoms with van der Waals surface area (Å²) in [6.07, 6.45) is 7.74. The van der Waals surface area contributed by atoms with E-state index in [9.17, 15) is 9.59 Å². The highest BCUT2D eigenvalue weighted by molar-refractivity contribution is 5.82. The van der Waals surface area contributed by atoms with E-state index in [0.29, 0.717) is 13.0 Å². The van der Waals surface area contributed by atoms with E-state index in [4.69, 9.17) is 4.74 Å². The van der Waals surface area contributed by atoms with Crippen LogP contribution >= 0.6 is 0 Å². The summed E-state index contributed by atoms with van der Waals surface area (Å²) in [6, 6.07) is 0. The minimum atomic E-state index is -0.272. The van der Waals surface area contributed by atoms with Gasteiger partial charge in [-0.3, -0.25) is 0 Å². The van der Waals surface area contributed by atoms with Crippen LogP contribution in [0.1, 0.15) is 46.5 Å². The van der Waals surface area contributed by atoms with Gasteiger partial charge >= 0.3 is 5.97 Å². The molecule has 0 bridgehead atoms. The van der Waals surface area contributed by atoms with Gasteiger partial charge in [0.05, 0.1) is 6.61 Å². The molecule has 96 valence electrons. The average molecular weight is 238 g/mol. The van der Waals surface area contributed by atoms with Gasteiger partial charge in [-0.25, -0.2) is 4.79 Å². The van der Waals surface area contributed by atoms with Crippen molar-refractivity contribution in [2.75, 3.05) is 6.61 Å².